The summed E-state index contributed by atoms with van der Waals surface area (Å²) < 4.78 is 11.1. The molecule has 19 heavy (non-hydrogen) atoms. The molecule has 5 heteroatoms. The van der Waals surface area contributed by atoms with Crippen molar-refractivity contribution in [3.05, 3.63) is 39.2 Å². The van der Waals surface area contributed by atoms with Gasteiger partial charge in [0.25, 0.3) is 0 Å². The minimum absolute atomic E-state index is 0.0125. The molecule has 0 amide bonds. The third kappa shape index (κ3) is 2.47. The van der Waals surface area contributed by atoms with Crippen LogP contribution in [-0.2, 0) is 0 Å². The monoisotopic (exact) mass is 263 g/mol. The Bertz CT molecular complexity index is 673. The number of ether oxygens (including phenoxy) is 1. The number of benzene rings is 1. The molecule has 0 aliphatic heterocycles. The first-order valence-electron chi connectivity index (χ1n) is 6.02. The van der Waals surface area contributed by atoms with Gasteiger partial charge >= 0.3 is 0 Å². The van der Waals surface area contributed by atoms with Gasteiger partial charge in [-0.15, -0.1) is 0 Å². The number of fused-ring (bicyclic) bond motifs is 1. The summed E-state index contributed by atoms with van der Waals surface area (Å²) in [6.45, 7) is 5.29. The molecule has 0 aliphatic carbocycles. The van der Waals surface area contributed by atoms with Gasteiger partial charge < -0.3 is 20.0 Å². The Kier molecular flexibility index (Phi) is 3.59. The zero-order valence-electron chi connectivity index (χ0n) is 11.2. The molecule has 0 saturated carbocycles. The normalized spacial score (nSPS) is 12.7. The fourth-order valence-electron chi connectivity index (χ4n) is 1.91. The Morgan fingerprint density at radius 3 is 2.63 bits per heavy atom. The zero-order chi connectivity index (χ0) is 14.2. The molecule has 102 valence electrons. The van der Waals surface area contributed by atoms with E-state index >= 15 is 0 Å². The largest absolute Gasteiger partial charge is 0.489 e. The van der Waals surface area contributed by atoms with E-state index in [0.29, 0.717) is 28.0 Å². The van der Waals surface area contributed by atoms with Crippen molar-refractivity contribution in [1.29, 1.82) is 0 Å². The van der Waals surface area contributed by atoms with Crippen LogP contribution in [0.2, 0.25) is 0 Å². The Morgan fingerprint density at radius 2 is 2.00 bits per heavy atom. The molecule has 1 aromatic heterocycles. The lowest BCUT2D eigenvalue weighted by Crippen LogP contribution is -2.27. The summed E-state index contributed by atoms with van der Waals surface area (Å²) in [7, 11) is 0. The fourth-order valence-corrected chi connectivity index (χ4v) is 1.91. The molecule has 0 spiro atoms. The summed E-state index contributed by atoms with van der Waals surface area (Å²) in [6, 6.07) is 3.35. The third-order valence-electron chi connectivity index (χ3n) is 3.13. The van der Waals surface area contributed by atoms with E-state index in [1.165, 1.54) is 0 Å². The quantitative estimate of drug-likeness (QED) is 0.817. The minimum atomic E-state index is -1.04. The molecule has 2 rings (SSSR count). The van der Waals surface area contributed by atoms with E-state index in [9.17, 15) is 4.79 Å². The molecular weight excluding hydrogens is 246 g/mol. The van der Waals surface area contributed by atoms with Gasteiger partial charge in [-0.25, -0.2) is 0 Å². The molecule has 0 fully saturated rings. The molecule has 1 heterocycles. The number of nitrogens with two attached hydrogens (primary N) is 1. The number of aliphatic hydroxyl groups is 1. The highest BCUT2D eigenvalue weighted by atomic mass is 16.5. The molecule has 5 nitrogen and oxygen atoms in total. The van der Waals surface area contributed by atoms with E-state index < -0.39 is 6.23 Å². The number of hydrogen-bond donors (Lipinski definition) is 2. The van der Waals surface area contributed by atoms with E-state index in [1.54, 1.807) is 32.9 Å². The first-order valence-corrected chi connectivity index (χ1v) is 6.02. The molecule has 0 bridgehead atoms. The van der Waals surface area contributed by atoms with Gasteiger partial charge in [-0.1, -0.05) is 0 Å². The summed E-state index contributed by atoms with van der Waals surface area (Å²) >= 11 is 0. The predicted molar refractivity (Wildman–Crippen MR) is 72.4 cm³/mol. The van der Waals surface area contributed by atoms with Crippen molar-refractivity contribution in [1.82, 2.24) is 0 Å². The molecule has 3 N–H and O–H groups in total. The van der Waals surface area contributed by atoms with Crippen LogP contribution >= 0.6 is 0 Å². The molecule has 1 aromatic carbocycles. The summed E-state index contributed by atoms with van der Waals surface area (Å²) in [4.78, 5) is 12.1. The SMILES string of the molecule is Cc1oc2c(C)c(OCC(N)O)ccc2c(=O)c1C. The average molecular weight is 263 g/mol. The van der Waals surface area contributed by atoms with Crippen molar-refractivity contribution in [2.45, 2.75) is 27.0 Å². The molecule has 0 aliphatic rings. The Balaban J connectivity index is 2.59. The molecule has 1 unspecified atom stereocenters. The van der Waals surface area contributed by atoms with Crippen LogP contribution in [0.5, 0.6) is 5.75 Å². The van der Waals surface area contributed by atoms with Crippen LogP contribution in [0.4, 0.5) is 0 Å². The van der Waals surface area contributed by atoms with Crippen molar-refractivity contribution in [3.8, 4) is 5.75 Å². The van der Waals surface area contributed by atoms with E-state index in [0.717, 1.165) is 5.56 Å². The van der Waals surface area contributed by atoms with E-state index in [-0.39, 0.29) is 12.0 Å². The number of hydrogen-bond acceptors (Lipinski definition) is 5. The van der Waals surface area contributed by atoms with Crippen LogP contribution in [0.3, 0.4) is 0 Å². The van der Waals surface area contributed by atoms with Gasteiger partial charge in [0.2, 0.25) is 0 Å². The maximum Gasteiger partial charge on any atom is 0.195 e. The summed E-state index contributed by atoms with van der Waals surface area (Å²) in [5.74, 6) is 1.14. The smallest absolute Gasteiger partial charge is 0.195 e. The summed E-state index contributed by atoms with van der Waals surface area (Å²) in [5.41, 5.74) is 7.03. The maximum absolute atomic E-state index is 12.1. The van der Waals surface area contributed by atoms with Crippen LogP contribution in [0.15, 0.2) is 21.3 Å². The Morgan fingerprint density at radius 1 is 1.32 bits per heavy atom. The molecule has 0 radical (unpaired) electrons. The highest BCUT2D eigenvalue weighted by molar-refractivity contribution is 5.82. The fraction of sp³-hybridized carbons (Fsp3) is 0.357. The van der Waals surface area contributed by atoms with Gasteiger partial charge in [-0.2, -0.15) is 0 Å². The maximum atomic E-state index is 12.1. The zero-order valence-corrected chi connectivity index (χ0v) is 11.2. The third-order valence-corrected chi connectivity index (χ3v) is 3.13. The van der Waals surface area contributed by atoms with Gasteiger partial charge in [0.1, 0.15) is 29.9 Å². The van der Waals surface area contributed by atoms with Crippen LogP contribution in [-0.4, -0.2) is 17.9 Å². The number of aliphatic hydroxyl groups excluding tert-OH is 1. The topological polar surface area (TPSA) is 85.7 Å². The summed E-state index contributed by atoms with van der Waals surface area (Å²) in [5, 5.41) is 9.55. The second-order valence-electron chi connectivity index (χ2n) is 4.56. The van der Waals surface area contributed by atoms with Gasteiger partial charge in [0.15, 0.2) is 5.43 Å². The lowest BCUT2D eigenvalue weighted by molar-refractivity contribution is 0.112. The first-order chi connectivity index (χ1) is 8.91. The average Bonchev–Trinajstić information content (AvgIpc) is 2.36. The van der Waals surface area contributed by atoms with Crippen LogP contribution < -0.4 is 15.9 Å². The van der Waals surface area contributed by atoms with E-state index in [4.69, 9.17) is 20.0 Å². The van der Waals surface area contributed by atoms with Gasteiger partial charge in [0, 0.05) is 11.1 Å². The lowest BCUT2D eigenvalue weighted by atomic mass is 10.1. The molecule has 0 saturated heterocycles. The van der Waals surface area contributed by atoms with Crippen LogP contribution in [0.25, 0.3) is 11.0 Å². The highest BCUT2D eigenvalue weighted by Gasteiger charge is 2.13. The second kappa shape index (κ2) is 5.03. The number of rotatable bonds is 3. The van der Waals surface area contributed by atoms with Crippen LogP contribution in [0, 0.1) is 20.8 Å². The van der Waals surface area contributed by atoms with Crippen molar-refractivity contribution in [2.24, 2.45) is 5.73 Å². The molecular formula is C14H17NO4. The Labute approximate surface area is 110 Å². The standard InChI is InChI=1S/C14H17NO4/c1-7-9(3)19-14-8(2)11(18-6-12(15)16)5-4-10(14)13(7)17/h4-5,12,16H,6,15H2,1-3H3. The highest BCUT2D eigenvalue weighted by Crippen LogP contribution is 2.27. The Hall–Kier alpha value is -1.85. The van der Waals surface area contributed by atoms with Gasteiger partial charge in [-0.3, -0.25) is 4.79 Å². The van der Waals surface area contributed by atoms with Gasteiger partial charge in [-0.05, 0) is 32.9 Å². The molecule has 2 aromatic rings. The van der Waals surface area contributed by atoms with Crippen molar-refractivity contribution in [2.75, 3.05) is 6.61 Å². The minimum Gasteiger partial charge on any atom is -0.489 e. The number of aryl methyl sites for hydroxylation is 2. The summed E-state index contributed by atoms with van der Waals surface area (Å²) in [6.07, 6.45) is -1.04. The van der Waals surface area contributed by atoms with E-state index in [2.05, 4.69) is 0 Å². The second-order valence-corrected chi connectivity index (χ2v) is 4.56. The first kappa shape index (κ1) is 13.6. The lowest BCUT2D eigenvalue weighted by Gasteiger charge is -2.12. The van der Waals surface area contributed by atoms with Crippen LogP contribution in [0.1, 0.15) is 16.9 Å². The van der Waals surface area contributed by atoms with Crippen molar-refractivity contribution >= 4 is 11.0 Å². The van der Waals surface area contributed by atoms with Crippen molar-refractivity contribution < 1.29 is 14.3 Å². The van der Waals surface area contributed by atoms with E-state index in [1.807, 2.05) is 0 Å². The predicted octanol–water partition coefficient (Wildman–Crippen LogP) is 1.37. The van der Waals surface area contributed by atoms with Crippen molar-refractivity contribution in [3.63, 3.8) is 0 Å². The van der Waals surface area contributed by atoms with Gasteiger partial charge in [0.05, 0.1) is 5.39 Å². The molecule has 1 atom stereocenters.